The van der Waals surface area contributed by atoms with E-state index in [4.69, 9.17) is 11.6 Å². The summed E-state index contributed by atoms with van der Waals surface area (Å²) in [5, 5.41) is 2.13. The Balaban J connectivity index is 2.51. The van der Waals surface area contributed by atoms with Gasteiger partial charge in [-0.3, -0.25) is 4.79 Å². The molecule has 0 saturated carbocycles. The molecule has 1 aliphatic rings. The van der Waals surface area contributed by atoms with Crippen LogP contribution < -0.4 is 10.1 Å². The molecule has 0 unspecified atom stereocenters. The maximum Gasteiger partial charge on any atom is 0.482 e. The van der Waals surface area contributed by atoms with Crippen molar-refractivity contribution in [2.45, 2.75) is 6.11 Å². The molecule has 3 nitrogen and oxygen atoms in total. The van der Waals surface area contributed by atoms with E-state index >= 15 is 0 Å². The van der Waals surface area contributed by atoms with Gasteiger partial charge in [0.05, 0.1) is 5.02 Å². The summed E-state index contributed by atoms with van der Waals surface area (Å²) in [6.07, 6.45) is -3.84. The molecule has 0 atom stereocenters. The number of hydrogen-bond donors (Lipinski definition) is 1. The van der Waals surface area contributed by atoms with Gasteiger partial charge in [0.15, 0.2) is 5.75 Å². The highest BCUT2D eigenvalue weighted by Crippen LogP contribution is 2.39. The SMILES string of the molecule is O=C1Nc2c(Cl)cccc2OC1(F)F. The minimum Gasteiger partial charge on any atom is -0.423 e. The van der Waals surface area contributed by atoms with Crippen LogP contribution in [-0.2, 0) is 4.79 Å². The number of alkyl halides is 2. The van der Waals surface area contributed by atoms with Crippen LogP contribution >= 0.6 is 11.6 Å². The molecule has 0 aliphatic carbocycles. The lowest BCUT2D eigenvalue weighted by Gasteiger charge is -2.24. The third-order valence-corrected chi connectivity index (χ3v) is 2.03. The Morgan fingerprint density at radius 3 is 2.86 bits per heavy atom. The number of rotatable bonds is 0. The second-order valence-corrected chi connectivity index (χ2v) is 3.09. The second-order valence-electron chi connectivity index (χ2n) is 2.69. The number of nitrogens with one attached hydrogen (secondary N) is 1. The summed E-state index contributed by atoms with van der Waals surface area (Å²) in [6, 6.07) is 4.22. The summed E-state index contributed by atoms with van der Waals surface area (Å²) < 4.78 is 29.6. The third-order valence-electron chi connectivity index (χ3n) is 1.72. The zero-order valence-corrected chi connectivity index (χ0v) is 7.44. The number of hydrogen-bond acceptors (Lipinski definition) is 2. The molecule has 0 aromatic heterocycles. The molecule has 1 N–H and O–H groups in total. The van der Waals surface area contributed by atoms with Crippen LogP contribution in [0.2, 0.25) is 5.02 Å². The van der Waals surface area contributed by atoms with Crippen molar-refractivity contribution in [3.8, 4) is 5.75 Å². The van der Waals surface area contributed by atoms with Crippen molar-refractivity contribution in [1.82, 2.24) is 0 Å². The van der Waals surface area contributed by atoms with Gasteiger partial charge in [-0.2, -0.15) is 8.78 Å². The minimum atomic E-state index is -3.84. The minimum absolute atomic E-state index is 0.0742. The molecule has 0 radical (unpaired) electrons. The van der Waals surface area contributed by atoms with E-state index in [-0.39, 0.29) is 16.5 Å². The number of anilines is 1. The molecule has 0 saturated heterocycles. The van der Waals surface area contributed by atoms with E-state index < -0.39 is 12.0 Å². The highest BCUT2D eigenvalue weighted by molar-refractivity contribution is 6.34. The first-order valence-corrected chi connectivity index (χ1v) is 4.05. The molecular weight excluding hydrogens is 216 g/mol. The van der Waals surface area contributed by atoms with Crippen molar-refractivity contribution in [2.75, 3.05) is 5.32 Å². The number of halogens is 3. The first kappa shape index (κ1) is 9.21. The van der Waals surface area contributed by atoms with Gasteiger partial charge in [0.1, 0.15) is 5.69 Å². The molecule has 6 heteroatoms. The first-order chi connectivity index (χ1) is 6.50. The number of para-hydroxylation sites is 1. The van der Waals surface area contributed by atoms with E-state index in [1.807, 2.05) is 5.32 Å². The van der Waals surface area contributed by atoms with Gasteiger partial charge < -0.3 is 10.1 Å². The van der Waals surface area contributed by atoms with Gasteiger partial charge in [-0.15, -0.1) is 0 Å². The van der Waals surface area contributed by atoms with Crippen molar-refractivity contribution < 1.29 is 18.3 Å². The molecule has 1 aliphatic heterocycles. The number of carbonyl (C=O) groups is 1. The van der Waals surface area contributed by atoms with Crippen LogP contribution in [0.25, 0.3) is 0 Å². The zero-order valence-electron chi connectivity index (χ0n) is 6.68. The summed E-state index contributed by atoms with van der Waals surface area (Å²) in [5.41, 5.74) is 0.0742. The molecule has 1 heterocycles. The fraction of sp³-hybridized carbons (Fsp3) is 0.125. The molecule has 1 amide bonds. The predicted octanol–water partition coefficient (Wildman–Crippen LogP) is 2.26. The van der Waals surface area contributed by atoms with Crippen molar-refractivity contribution in [2.24, 2.45) is 0 Å². The predicted molar refractivity (Wildman–Crippen MR) is 45.7 cm³/mol. The lowest BCUT2D eigenvalue weighted by molar-refractivity contribution is -0.189. The molecule has 0 spiro atoms. The van der Waals surface area contributed by atoms with E-state index in [1.54, 1.807) is 0 Å². The van der Waals surface area contributed by atoms with Gasteiger partial charge in [-0.05, 0) is 12.1 Å². The van der Waals surface area contributed by atoms with Gasteiger partial charge in [0, 0.05) is 0 Å². The van der Waals surface area contributed by atoms with E-state index in [0.717, 1.165) is 0 Å². The average molecular weight is 220 g/mol. The maximum atomic E-state index is 12.7. The van der Waals surface area contributed by atoms with Gasteiger partial charge in [-0.25, -0.2) is 0 Å². The van der Waals surface area contributed by atoms with Crippen LogP contribution in [0.15, 0.2) is 18.2 Å². The second kappa shape index (κ2) is 2.81. The Bertz CT molecular complexity index is 408. The van der Waals surface area contributed by atoms with E-state index in [0.29, 0.717) is 0 Å². The number of fused-ring (bicyclic) bond motifs is 1. The highest BCUT2D eigenvalue weighted by Gasteiger charge is 2.46. The topological polar surface area (TPSA) is 38.3 Å². The van der Waals surface area contributed by atoms with Crippen LogP contribution in [0, 0.1) is 0 Å². The summed E-state index contributed by atoms with van der Waals surface area (Å²) in [7, 11) is 0. The van der Waals surface area contributed by atoms with Gasteiger partial charge in [0.2, 0.25) is 0 Å². The molecule has 1 aromatic carbocycles. The lowest BCUT2D eigenvalue weighted by Crippen LogP contribution is -2.43. The summed E-state index contributed by atoms with van der Waals surface area (Å²) in [5.74, 6) is -1.65. The molecular formula is C8H4ClF2NO2. The molecule has 1 aromatic rings. The van der Waals surface area contributed by atoms with Crippen LogP contribution in [0.4, 0.5) is 14.5 Å². The third kappa shape index (κ3) is 1.29. The normalized spacial score (nSPS) is 18.1. The zero-order chi connectivity index (χ0) is 10.3. The van der Waals surface area contributed by atoms with Crippen molar-refractivity contribution in [1.29, 1.82) is 0 Å². The lowest BCUT2D eigenvalue weighted by atomic mass is 10.2. The monoisotopic (exact) mass is 219 g/mol. The van der Waals surface area contributed by atoms with Crippen LogP contribution in [-0.4, -0.2) is 12.0 Å². The number of benzene rings is 1. The Morgan fingerprint density at radius 2 is 2.14 bits per heavy atom. The quantitative estimate of drug-likeness (QED) is 0.727. The molecule has 74 valence electrons. The Kier molecular flexibility index (Phi) is 1.85. The van der Waals surface area contributed by atoms with Gasteiger partial charge in [-0.1, -0.05) is 17.7 Å². The average Bonchev–Trinajstić information content (AvgIpc) is 2.08. The molecule has 0 fully saturated rings. The number of carbonyl (C=O) groups excluding carboxylic acids is 1. The van der Waals surface area contributed by atoms with Gasteiger partial charge >= 0.3 is 12.0 Å². The van der Waals surface area contributed by atoms with E-state index in [9.17, 15) is 13.6 Å². The Morgan fingerprint density at radius 1 is 1.43 bits per heavy atom. The first-order valence-electron chi connectivity index (χ1n) is 3.67. The summed E-state index contributed by atoms with van der Waals surface area (Å²) >= 11 is 5.66. The van der Waals surface area contributed by atoms with Crippen molar-refractivity contribution in [3.63, 3.8) is 0 Å². The summed E-state index contributed by atoms with van der Waals surface area (Å²) in [6.45, 7) is 0. The number of ether oxygens (including phenoxy) is 1. The molecule has 14 heavy (non-hydrogen) atoms. The fourth-order valence-corrected chi connectivity index (χ4v) is 1.29. The Labute approximate surface area is 82.6 Å². The largest absolute Gasteiger partial charge is 0.482 e. The van der Waals surface area contributed by atoms with Crippen molar-refractivity contribution in [3.05, 3.63) is 23.2 Å². The summed E-state index contributed by atoms with van der Waals surface area (Å²) in [4.78, 5) is 10.8. The number of amides is 1. The smallest absolute Gasteiger partial charge is 0.423 e. The van der Waals surface area contributed by atoms with Crippen LogP contribution in [0.3, 0.4) is 0 Å². The van der Waals surface area contributed by atoms with E-state index in [2.05, 4.69) is 4.74 Å². The Hall–Kier alpha value is -1.36. The standard InChI is InChI=1S/C8H4ClF2NO2/c9-4-2-1-3-5-6(4)12-7(13)8(10,11)14-5/h1-3H,(H,12,13). The maximum absolute atomic E-state index is 12.7. The fourth-order valence-electron chi connectivity index (χ4n) is 1.08. The van der Waals surface area contributed by atoms with Crippen LogP contribution in [0.1, 0.15) is 0 Å². The molecule has 2 rings (SSSR count). The van der Waals surface area contributed by atoms with E-state index in [1.165, 1.54) is 18.2 Å². The highest BCUT2D eigenvalue weighted by atomic mass is 35.5. The van der Waals surface area contributed by atoms with Crippen molar-refractivity contribution >= 4 is 23.2 Å². The van der Waals surface area contributed by atoms with Gasteiger partial charge in [0.25, 0.3) is 0 Å². The molecule has 0 bridgehead atoms. The van der Waals surface area contributed by atoms with Crippen LogP contribution in [0.5, 0.6) is 5.75 Å².